The molecule has 0 aromatic rings. The third kappa shape index (κ3) is 5.10. The lowest BCUT2D eigenvalue weighted by molar-refractivity contribution is -0.188. The van der Waals surface area contributed by atoms with Gasteiger partial charge in [-0.1, -0.05) is 6.92 Å². The Hall–Kier alpha value is -0.870. The summed E-state index contributed by atoms with van der Waals surface area (Å²) in [5.74, 6) is -4.89. The molecule has 12 nitrogen and oxygen atoms in total. The lowest BCUT2D eigenvalue weighted by Gasteiger charge is -2.38. The third-order valence-electron chi connectivity index (χ3n) is 4.14. The van der Waals surface area contributed by atoms with Gasteiger partial charge in [0.05, 0.1) is 13.2 Å². The Bertz CT molecular complexity index is 682. The topological polar surface area (TPSA) is 164 Å². The Balaban J connectivity index is 2.17. The molecule has 2 aliphatic rings. The van der Waals surface area contributed by atoms with Crippen LogP contribution in [-0.2, 0) is 42.3 Å². The molecular weight excluding hydrogens is 394 g/mol. The van der Waals surface area contributed by atoms with Crippen molar-refractivity contribution in [2.45, 2.75) is 25.7 Å². The minimum atomic E-state index is -5.02. The molecule has 26 heavy (non-hydrogen) atoms. The van der Waals surface area contributed by atoms with Gasteiger partial charge in [0.1, 0.15) is 0 Å². The molecule has 152 valence electrons. The molecule has 2 saturated heterocycles. The number of hydrogen-bond donors (Lipinski definition) is 2. The Morgan fingerprint density at radius 3 is 2.19 bits per heavy atom. The highest BCUT2D eigenvalue weighted by Crippen LogP contribution is 2.35. The molecular formula is C12H23N3O9S2. The highest BCUT2D eigenvalue weighted by Gasteiger charge is 2.59. The highest BCUT2D eigenvalue weighted by atomic mass is 32.3. The lowest BCUT2D eigenvalue weighted by atomic mass is 9.93. The van der Waals surface area contributed by atoms with Crippen molar-refractivity contribution < 1.29 is 38.4 Å². The van der Waals surface area contributed by atoms with Crippen molar-refractivity contribution in [2.24, 2.45) is 11.7 Å². The molecule has 2 heterocycles. The number of morpholine rings is 1. The summed E-state index contributed by atoms with van der Waals surface area (Å²) >= 11 is 0. The largest absolute Gasteiger partial charge is 0.419 e. The summed E-state index contributed by atoms with van der Waals surface area (Å²) in [5.41, 5.74) is 5.72. The van der Waals surface area contributed by atoms with Crippen LogP contribution in [0.2, 0.25) is 0 Å². The Labute approximate surface area is 152 Å². The molecule has 0 saturated carbocycles. The molecule has 0 aliphatic carbocycles. The number of ether oxygens (including phenoxy) is 1. The Kier molecular flexibility index (Phi) is 6.61. The number of nitrogens with zero attached hydrogens (tertiary/aromatic N) is 1. The van der Waals surface area contributed by atoms with Crippen molar-refractivity contribution in [1.82, 2.24) is 10.2 Å². The highest BCUT2D eigenvalue weighted by molar-refractivity contribution is 7.95. The summed E-state index contributed by atoms with van der Waals surface area (Å²) < 4.78 is 65.0. The summed E-state index contributed by atoms with van der Waals surface area (Å²) in [4.78, 5) is 14.7. The van der Waals surface area contributed by atoms with E-state index in [-0.39, 0.29) is 6.54 Å². The molecule has 2 rings (SSSR count). The predicted octanol–water partition coefficient (Wildman–Crippen LogP) is -2.33. The van der Waals surface area contributed by atoms with Crippen LogP contribution in [0.25, 0.3) is 0 Å². The molecule has 2 fully saturated rings. The van der Waals surface area contributed by atoms with E-state index in [2.05, 4.69) is 17.3 Å². The lowest BCUT2D eigenvalue weighted by Crippen LogP contribution is -2.63. The maximum absolute atomic E-state index is 12.6. The molecule has 0 aromatic heterocycles. The first-order chi connectivity index (χ1) is 12.0. The van der Waals surface area contributed by atoms with Crippen molar-refractivity contribution in [3.63, 3.8) is 0 Å². The van der Waals surface area contributed by atoms with E-state index >= 15 is 0 Å². The van der Waals surface area contributed by atoms with E-state index in [1.807, 2.05) is 4.90 Å². The fourth-order valence-electron chi connectivity index (χ4n) is 2.50. The first kappa shape index (κ1) is 21.4. The fraction of sp³-hybridized carbons (Fsp3) is 0.917. The molecule has 0 radical (unpaired) electrons. The summed E-state index contributed by atoms with van der Waals surface area (Å²) in [7, 11) is -10.0. The number of rotatable bonds is 6. The molecule has 2 atom stereocenters. The molecule has 14 heteroatoms. The quantitative estimate of drug-likeness (QED) is 0.476. The van der Waals surface area contributed by atoms with Gasteiger partial charge >= 0.3 is 20.8 Å². The minimum absolute atomic E-state index is 0.111. The number of carbonyl (C=O) groups excluding carboxylic acids is 1. The van der Waals surface area contributed by atoms with Crippen LogP contribution in [0.15, 0.2) is 0 Å². The van der Waals surface area contributed by atoms with E-state index in [1.165, 1.54) is 13.8 Å². The van der Waals surface area contributed by atoms with Gasteiger partial charge in [-0.05, 0) is 6.92 Å². The van der Waals surface area contributed by atoms with Crippen LogP contribution in [-0.4, -0.2) is 78.9 Å². The monoisotopic (exact) mass is 417 g/mol. The molecule has 1 amide bonds. The Morgan fingerprint density at radius 2 is 1.69 bits per heavy atom. The first-order valence-corrected chi connectivity index (χ1v) is 10.6. The molecule has 3 N–H and O–H groups in total. The fourth-order valence-corrected chi connectivity index (χ4v) is 4.71. The van der Waals surface area contributed by atoms with Crippen LogP contribution in [0, 0.1) is 5.92 Å². The van der Waals surface area contributed by atoms with Crippen molar-refractivity contribution >= 4 is 26.7 Å². The summed E-state index contributed by atoms with van der Waals surface area (Å²) in [6.45, 7) is 5.85. The first-order valence-electron chi connectivity index (χ1n) is 7.94. The van der Waals surface area contributed by atoms with Crippen molar-refractivity contribution in [3.8, 4) is 0 Å². The second-order valence-electron chi connectivity index (χ2n) is 6.08. The predicted molar refractivity (Wildman–Crippen MR) is 86.9 cm³/mol. The van der Waals surface area contributed by atoms with E-state index in [9.17, 15) is 21.6 Å². The van der Waals surface area contributed by atoms with Crippen LogP contribution in [0.5, 0.6) is 0 Å². The smallest absolute Gasteiger partial charge is 0.379 e. The molecule has 0 aromatic carbocycles. The van der Waals surface area contributed by atoms with Gasteiger partial charge < -0.3 is 15.8 Å². The van der Waals surface area contributed by atoms with Gasteiger partial charge in [0.2, 0.25) is 0 Å². The average molecular weight is 417 g/mol. The maximum atomic E-state index is 12.6. The second-order valence-corrected chi connectivity index (χ2v) is 8.59. The zero-order valence-electron chi connectivity index (χ0n) is 14.4. The molecule has 0 bridgehead atoms. The van der Waals surface area contributed by atoms with Gasteiger partial charge in [0.15, 0.2) is 0 Å². The van der Waals surface area contributed by atoms with Gasteiger partial charge in [-0.25, -0.2) is 8.37 Å². The van der Waals surface area contributed by atoms with E-state index in [1.54, 1.807) is 0 Å². The normalized spacial score (nSPS) is 27.3. The van der Waals surface area contributed by atoms with Crippen LogP contribution in [0.3, 0.4) is 0 Å². The number of nitrogens with two attached hydrogens (primary N) is 1. The van der Waals surface area contributed by atoms with Crippen LogP contribution < -0.4 is 11.1 Å². The van der Waals surface area contributed by atoms with E-state index in [0.29, 0.717) is 32.8 Å². The zero-order valence-corrected chi connectivity index (χ0v) is 16.0. The number of carbonyl (C=O) groups is 1. The van der Waals surface area contributed by atoms with E-state index < -0.39 is 44.5 Å². The second kappa shape index (κ2) is 8.02. The van der Waals surface area contributed by atoms with Gasteiger partial charge in [-0.2, -0.15) is 16.8 Å². The number of hydrogen-bond acceptors (Lipinski definition) is 11. The number of amides is 1. The van der Waals surface area contributed by atoms with Crippen molar-refractivity contribution in [1.29, 1.82) is 0 Å². The van der Waals surface area contributed by atoms with E-state index in [0.717, 1.165) is 0 Å². The maximum Gasteiger partial charge on any atom is 0.419 e. The van der Waals surface area contributed by atoms with Gasteiger partial charge in [-0.15, -0.1) is 3.63 Å². The summed E-state index contributed by atoms with van der Waals surface area (Å²) in [6.07, 6.45) is 0. The number of nitrogens with one attached hydrogen (secondary N) is 1. The minimum Gasteiger partial charge on any atom is -0.379 e. The molecule has 2 unspecified atom stereocenters. The van der Waals surface area contributed by atoms with Crippen LogP contribution in [0.1, 0.15) is 13.8 Å². The Morgan fingerprint density at radius 1 is 1.15 bits per heavy atom. The van der Waals surface area contributed by atoms with Gasteiger partial charge in [0, 0.05) is 38.1 Å². The van der Waals surface area contributed by atoms with Gasteiger partial charge in [-0.3, -0.25) is 9.69 Å². The van der Waals surface area contributed by atoms with Crippen molar-refractivity contribution in [3.05, 3.63) is 0 Å². The molecule has 0 spiro atoms. The van der Waals surface area contributed by atoms with Crippen LogP contribution >= 0.6 is 0 Å². The van der Waals surface area contributed by atoms with Crippen molar-refractivity contribution in [2.75, 3.05) is 39.4 Å². The zero-order chi connectivity index (χ0) is 19.6. The SMILES string of the molecule is CC(N)C(C)C1(C(=O)NCCN2CCOCC2)OS(=O)(=O)OS(=O)(=O)O1. The summed E-state index contributed by atoms with van der Waals surface area (Å²) in [5, 5.41) is 2.44. The summed E-state index contributed by atoms with van der Waals surface area (Å²) in [6, 6.07) is -0.830. The van der Waals surface area contributed by atoms with Crippen LogP contribution in [0.4, 0.5) is 0 Å². The molecule has 2 aliphatic heterocycles. The standard InChI is InChI=1S/C12H23N3O9S2/c1-9(10(2)13)12(22-25(17,18)24-26(19,20)23-12)11(16)14-3-4-15-5-7-21-8-6-15/h9-10H,3-8,13H2,1-2H3,(H,14,16). The van der Waals surface area contributed by atoms with E-state index in [4.69, 9.17) is 10.5 Å². The average Bonchev–Trinajstić information content (AvgIpc) is 2.51. The third-order valence-corrected chi connectivity index (χ3v) is 6.38. The van der Waals surface area contributed by atoms with Gasteiger partial charge in [0.25, 0.3) is 11.7 Å².